The molecule has 0 fully saturated rings. The molecule has 0 aliphatic carbocycles. The van der Waals surface area contributed by atoms with E-state index in [0.717, 1.165) is 27.1 Å². The average Bonchev–Trinajstić information content (AvgIpc) is 3.29. The van der Waals surface area contributed by atoms with Gasteiger partial charge in [-0.2, -0.15) is 0 Å². The Kier molecular flexibility index (Phi) is 6.97. The monoisotopic (exact) mass is 403 g/mol. The number of aryl methyl sites for hydroxylation is 1. The second-order valence-corrected chi connectivity index (χ2v) is 7.80. The second-order valence-electron chi connectivity index (χ2n) is 5.91. The molecule has 9 heteroatoms. The van der Waals surface area contributed by atoms with Crippen molar-refractivity contribution in [2.24, 2.45) is 0 Å². The average molecular weight is 404 g/mol. The van der Waals surface area contributed by atoms with E-state index in [0.29, 0.717) is 18.9 Å². The number of aromatic nitrogens is 4. The molecule has 142 valence electrons. The Morgan fingerprint density at radius 1 is 1.33 bits per heavy atom. The van der Waals surface area contributed by atoms with E-state index in [2.05, 4.69) is 20.5 Å². The molecule has 0 radical (unpaired) electrons. The van der Waals surface area contributed by atoms with E-state index in [1.165, 1.54) is 11.3 Å². The van der Waals surface area contributed by atoms with Crippen LogP contribution < -0.4 is 5.32 Å². The van der Waals surface area contributed by atoms with Gasteiger partial charge >= 0.3 is 0 Å². The Morgan fingerprint density at radius 3 is 2.93 bits per heavy atom. The Bertz CT molecular complexity index is 876. The minimum atomic E-state index is -0.0632. The van der Waals surface area contributed by atoms with Gasteiger partial charge in [-0.1, -0.05) is 29.5 Å². The lowest BCUT2D eigenvalue weighted by Gasteiger charge is -2.04. The van der Waals surface area contributed by atoms with E-state index in [9.17, 15) is 4.79 Å². The van der Waals surface area contributed by atoms with Crippen molar-refractivity contribution in [1.82, 2.24) is 19.7 Å². The van der Waals surface area contributed by atoms with Gasteiger partial charge in [-0.15, -0.1) is 21.5 Å². The van der Waals surface area contributed by atoms with Gasteiger partial charge in [0.15, 0.2) is 5.16 Å². The first-order valence-corrected chi connectivity index (χ1v) is 10.3. The van der Waals surface area contributed by atoms with Crippen molar-refractivity contribution >= 4 is 34.7 Å². The van der Waals surface area contributed by atoms with Crippen LogP contribution in [0.25, 0.3) is 0 Å². The van der Waals surface area contributed by atoms with Crippen molar-refractivity contribution in [2.75, 3.05) is 19.0 Å². The van der Waals surface area contributed by atoms with Gasteiger partial charge < -0.3 is 14.6 Å². The smallest absolute Gasteiger partial charge is 0.231 e. The molecule has 1 N–H and O–H groups in total. The van der Waals surface area contributed by atoms with Crippen LogP contribution >= 0.6 is 23.1 Å². The molecule has 0 aliphatic rings. The van der Waals surface area contributed by atoms with Crippen molar-refractivity contribution in [3.05, 3.63) is 52.2 Å². The molecule has 1 amide bonds. The van der Waals surface area contributed by atoms with Crippen LogP contribution in [0.2, 0.25) is 0 Å². The summed E-state index contributed by atoms with van der Waals surface area (Å²) >= 11 is 3.07. The largest absolute Gasteiger partial charge is 0.383 e. The highest BCUT2D eigenvalue weighted by atomic mass is 32.2. The van der Waals surface area contributed by atoms with Gasteiger partial charge in [-0.25, -0.2) is 4.98 Å². The zero-order valence-electron chi connectivity index (χ0n) is 15.2. The number of anilines is 1. The number of nitrogens with one attached hydrogen (secondary N) is 1. The van der Waals surface area contributed by atoms with Crippen molar-refractivity contribution in [1.29, 1.82) is 0 Å². The Balaban J connectivity index is 1.50. The van der Waals surface area contributed by atoms with Crippen LogP contribution in [0.3, 0.4) is 0 Å². The first kappa shape index (κ1) is 19.5. The summed E-state index contributed by atoms with van der Waals surface area (Å²) in [6, 6.07) is 7.74. The van der Waals surface area contributed by atoms with Gasteiger partial charge in [0, 0.05) is 30.5 Å². The first-order valence-electron chi connectivity index (χ1n) is 8.43. The summed E-state index contributed by atoms with van der Waals surface area (Å²) in [5, 5.41) is 14.6. The molecule has 0 aliphatic heterocycles. The number of rotatable bonds is 9. The lowest BCUT2D eigenvalue weighted by atomic mass is 10.2. The third-order valence-electron chi connectivity index (χ3n) is 3.71. The molecule has 3 rings (SSSR count). The number of ether oxygens (including phenoxy) is 1. The van der Waals surface area contributed by atoms with Crippen molar-refractivity contribution < 1.29 is 9.53 Å². The van der Waals surface area contributed by atoms with Crippen LogP contribution in [0.15, 0.2) is 41.1 Å². The molecule has 3 aromatic rings. The maximum atomic E-state index is 12.2. The number of amides is 1. The minimum absolute atomic E-state index is 0.0632. The summed E-state index contributed by atoms with van der Waals surface area (Å²) in [5.41, 5.74) is 2.89. The number of nitrogens with zero attached hydrogens (tertiary/aromatic N) is 4. The number of hydrogen-bond donors (Lipinski definition) is 1. The summed E-state index contributed by atoms with van der Waals surface area (Å²) in [4.78, 5) is 16.7. The zero-order chi connectivity index (χ0) is 19.1. The highest BCUT2D eigenvalue weighted by molar-refractivity contribution is 7.98. The SMILES string of the molecule is COCCn1cnnc1SCc1csc(CC(=O)Nc2ccc(C)cc2)n1. The van der Waals surface area contributed by atoms with Gasteiger partial charge in [-0.3, -0.25) is 4.79 Å². The van der Waals surface area contributed by atoms with E-state index in [1.54, 1.807) is 25.2 Å². The lowest BCUT2D eigenvalue weighted by Crippen LogP contribution is -2.14. The Morgan fingerprint density at radius 2 is 2.15 bits per heavy atom. The van der Waals surface area contributed by atoms with Gasteiger partial charge in [0.25, 0.3) is 0 Å². The number of thiazole rings is 1. The highest BCUT2D eigenvalue weighted by Gasteiger charge is 2.11. The predicted octanol–water partition coefficient (Wildman–Crippen LogP) is 3.16. The van der Waals surface area contributed by atoms with E-state index in [1.807, 2.05) is 41.1 Å². The minimum Gasteiger partial charge on any atom is -0.383 e. The maximum absolute atomic E-state index is 12.2. The molecule has 0 spiro atoms. The Hall–Kier alpha value is -2.23. The van der Waals surface area contributed by atoms with Crippen molar-refractivity contribution in [2.45, 2.75) is 30.8 Å². The van der Waals surface area contributed by atoms with Gasteiger partial charge in [-0.05, 0) is 19.1 Å². The molecule has 0 bridgehead atoms. The molecule has 1 aromatic carbocycles. The van der Waals surface area contributed by atoms with Crippen LogP contribution in [-0.2, 0) is 28.2 Å². The molecule has 0 saturated heterocycles. The topological polar surface area (TPSA) is 81.9 Å². The zero-order valence-corrected chi connectivity index (χ0v) is 16.8. The number of benzene rings is 1. The van der Waals surface area contributed by atoms with Crippen LogP contribution in [0.1, 0.15) is 16.3 Å². The number of thioether (sulfide) groups is 1. The second kappa shape index (κ2) is 9.63. The molecule has 27 heavy (non-hydrogen) atoms. The fourth-order valence-corrected chi connectivity index (χ4v) is 4.05. The summed E-state index contributed by atoms with van der Waals surface area (Å²) in [5.74, 6) is 0.619. The van der Waals surface area contributed by atoms with Gasteiger partial charge in [0.1, 0.15) is 11.3 Å². The molecule has 2 heterocycles. The van der Waals surface area contributed by atoms with E-state index >= 15 is 0 Å². The van der Waals surface area contributed by atoms with E-state index in [-0.39, 0.29) is 12.3 Å². The van der Waals surface area contributed by atoms with E-state index < -0.39 is 0 Å². The summed E-state index contributed by atoms with van der Waals surface area (Å²) < 4.78 is 7.04. The quantitative estimate of drug-likeness (QED) is 0.553. The number of methoxy groups -OCH3 is 1. The fraction of sp³-hybridized carbons (Fsp3) is 0.333. The Labute approximate surface area is 166 Å². The third-order valence-corrected chi connectivity index (χ3v) is 5.62. The highest BCUT2D eigenvalue weighted by Crippen LogP contribution is 2.22. The van der Waals surface area contributed by atoms with Crippen LogP contribution in [0, 0.1) is 6.92 Å². The number of carbonyl (C=O) groups excluding carboxylic acids is 1. The van der Waals surface area contributed by atoms with Crippen LogP contribution in [-0.4, -0.2) is 39.4 Å². The van der Waals surface area contributed by atoms with Crippen molar-refractivity contribution in [3.63, 3.8) is 0 Å². The molecule has 0 unspecified atom stereocenters. The molecule has 0 saturated carbocycles. The number of hydrogen-bond acceptors (Lipinski definition) is 7. The van der Waals surface area contributed by atoms with Crippen molar-refractivity contribution in [3.8, 4) is 0 Å². The van der Waals surface area contributed by atoms with E-state index in [4.69, 9.17) is 4.74 Å². The first-order chi connectivity index (χ1) is 13.1. The normalized spacial score (nSPS) is 10.9. The molecular formula is C18H21N5O2S2. The summed E-state index contributed by atoms with van der Waals surface area (Å²) in [6.45, 7) is 3.34. The lowest BCUT2D eigenvalue weighted by molar-refractivity contribution is -0.115. The molecular weight excluding hydrogens is 382 g/mol. The third kappa shape index (κ3) is 5.88. The molecule has 2 aromatic heterocycles. The van der Waals surface area contributed by atoms with Crippen LogP contribution in [0.4, 0.5) is 5.69 Å². The summed E-state index contributed by atoms with van der Waals surface area (Å²) in [7, 11) is 1.67. The van der Waals surface area contributed by atoms with Gasteiger partial charge in [0.05, 0.1) is 18.7 Å². The van der Waals surface area contributed by atoms with Gasteiger partial charge in [0.2, 0.25) is 5.91 Å². The summed E-state index contributed by atoms with van der Waals surface area (Å²) in [6.07, 6.45) is 1.97. The predicted molar refractivity (Wildman–Crippen MR) is 107 cm³/mol. The fourth-order valence-electron chi connectivity index (χ4n) is 2.31. The maximum Gasteiger partial charge on any atom is 0.231 e. The number of carbonyl (C=O) groups is 1. The van der Waals surface area contributed by atoms with Crippen LogP contribution in [0.5, 0.6) is 0 Å². The molecule has 7 nitrogen and oxygen atoms in total. The molecule has 0 atom stereocenters. The standard InChI is InChI=1S/C18H21N5O2S2/c1-13-3-5-14(6-4-13)20-16(24)9-17-21-15(10-26-17)11-27-18-22-19-12-23(18)7-8-25-2/h3-6,10,12H,7-9,11H2,1-2H3,(H,20,24).